The van der Waals surface area contributed by atoms with Crippen LogP contribution in [0, 0.1) is 10.8 Å². The predicted molar refractivity (Wildman–Crippen MR) is 114 cm³/mol. The van der Waals surface area contributed by atoms with Gasteiger partial charge in [-0.25, -0.2) is 0 Å². The Hall–Kier alpha value is -2.55. The lowest BCUT2D eigenvalue weighted by Gasteiger charge is -3.03. The van der Waals surface area contributed by atoms with Gasteiger partial charge >= 0.3 is 6.18 Å². The standard InChI is InChI=1S/C28H23F3/c29-28(30,31)26-18-24(21-12-6-2-7-13-21)16-23(20-10-4-1-5-11-20)17-25(19-26,27(23,24)26)22-14-8-3-9-15-22/h1-15H,16-19H2. The molecule has 0 radical (unpaired) electrons. The maximum absolute atomic E-state index is 14.9. The van der Waals surface area contributed by atoms with Crippen LogP contribution in [-0.4, -0.2) is 6.18 Å². The van der Waals surface area contributed by atoms with Crippen LogP contribution in [0.1, 0.15) is 42.4 Å². The Morgan fingerprint density at radius 1 is 0.484 bits per heavy atom. The Morgan fingerprint density at radius 3 is 1.13 bits per heavy atom. The summed E-state index contributed by atoms with van der Waals surface area (Å²) in [4.78, 5) is 0. The molecule has 3 heteroatoms. The van der Waals surface area contributed by atoms with E-state index in [0.29, 0.717) is 0 Å². The predicted octanol–water partition coefficient (Wildman–Crippen LogP) is 6.95. The zero-order valence-corrected chi connectivity index (χ0v) is 17.1. The molecular weight excluding hydrogens is 393 g/mol. The van der Waals surface area contributed by atoms with Crippen LogP contribution in [0.4, 0.5) is 13.2 Å². The second-order valence-corrected chi connectivity index (χ2v) is 10.4. The van der Waals surface area contributed by atoms with E-state index in [1.807, 2.05) is 54.6 Å². The molecule has 3 aromatic carbocycles. The summed E-state index contributed by atoms with van der Waals surface area (Å²) in [6.45, 7) is 0. The molecule has 0 heterocycles. The minimum atomic E-state index is -4.19. The van der Waals surface area contributed by atoms with Gasteiger partial charge in [0, 0.05) is 21.7 Å². The molecule has 0 bridgehead atoms. The first-order valence-corrected chi connectivity index (χ1v) is 11.1. The zero-order chi connectivity index (χ0) is 21.2. The van der Waals surface area contributed by atoms with E-state index in [4.69, 9.17) is 0 Å². The first kappa shape index (κ1) is 18.1. The maximum atomic E-state index is 14.9. The van der Waals surface area contributed by atoms with Gasteiger partial charge in [-0.1, -0.05) is 91.0 Å². The normalized spacial score (nSPS) is 41.5. The van der Waals surface area contributed by atoms with E-state index in [9.17, 15) is 13.2 Å². The van der Waals surface area contributed by atoms with E-state index in [2.05, 4.69) is 36.4 Å². The van der Waals surface area contributed by atoms with Gasteiger partial charge in [-0.05, 0) is 42.4 Å². The van der Waals surface area contributed by atoms with E-state index in [1.54, 1.807) is 0 Å². The molecule has 31 heavy (non-hydrogen) atoms. The number of hydrogen-bond acceptors (Lipinski definition) is 0. The smallest absolute Gasteiger partial charge is 0.170 e. The lowest BCUT2D eigenvalue weighted by Crippen LogP contribution is -3.04. The lowest BCUT2D eigenvalue weighted by atomic mass is 8.99. The van der Waals surface area contributed by atoms with Crippen molar-refractivity contribution >= 4 is 0 Å². The second-order valence-electron chi connectivity index (χ2n) is 10.4. The highest BCUT2D eigenvalue weighted by molar-refractivity contribution is 5.69. The van der Waals surface area contributed by atoms with Gasteiger partial charge in [0.1, 0.15) is 0 Å². The molecule has 7 rings (SSSR count). The quantitative estimate of drug-likeness (QED) is 0.433. The summed E-state index contributed by atoms with van der Waals surface area (Å²) in [5.74, 6) is 0. The van der Waals surface area contributed by atoms with Gasteiger partial charge < -0.3 is 0 Å². The monoisotopic (exact) mass is 416 g/mol. The van der Waals surface area contributed by atoms with E-state index < -0.39 is 33.3 Å². The highest BCUT2D eigenvalue weighted by atomic mass is 19.4. The molecule has 156 valence electrons. The first-order chi connectivity index (χ1) is 14.9. The molecule has 3 aromatic rings. The number of hydrogen-bond donors (Lipinski definition) is 0. The minimum absolute atomic E-state index is 0.233. The fourth-order valence-electron chi connectivity index (χ4n) is 9.64. The van der Waals surface area contributed by atoms with Gasteiger partial charge in [-0.3, -0.25) is 0 Å². The maximum Gasteiger partial charge on any atom is 0.395 e. The fraction of sp³-hybridized carbons (Fsp3) is 0.357. The van der Waals surface area contributed by atoms with Gasteiger partial charge in [-0.15, -0.1) is 0 Å². The average molecular weight is 416 g/mol. The summed E-state index contributed by atoms with van der Waals surface area (Å²) in [6, 6.07) is 30.2. The van der Waals surface area contributed by atoms with Crippen molar-refractivity contribution in [2.45, 2.75) is 48.1 Å². The molecular formula is C28H23F3. The van der Waals surface area contributed by atoms with Crippen molar-refractivity contribution in [3.8, 4) is 0 Å². The molecule has 0 aromatic heterocycles. The summed E-state index contributed by atoms with van der Waals surface area (Å²) in [5.41, 5.74) is -0.270. The molecule has 0 saturated heterocycles. The second kappa shape index (κ2) is 5.09. The summed E-state index contributed by atoms with van der Waals surface area (Å²) in [6.07, 6.45) is -2.08. The number of alkyl halides is 3. The van der Waals surface area contributed by atoms with Crippen molar-refractivity contribution < 1.29 is 13.2 Å². The van der Waals surface area contributed by atoms with Gasteiger partial charge in [0.2, 0.25) is 0 Å². The topological polar surface area (TPSA) is 0 Å². The molecule has 0 amide bonds. The highest BCUT2D eigenvalue weighted by Crippen LogP contribution is 3.06. The largest absolute Gasteiger partial charge is 0.395 e. The average Bonchev–Trinajstić information content (AvgIpc) is 2.73. The van der Waals surface area contributed by atoms with Gasteiger partial charge in [0.25, 0.3) is 0 Å². The third-order valence-corrected chi connectivity index (χ3v) is 9.81. The van der Waals surface area contributed by atoms with Gasteiger partial charge in [0.05, 0.1) is 5.41 Å². The van der Waals surface area contributed by atoms with Crippen molar-refractivity contribution in [2.24, 2.45) is 10.8 Å². The SMILES string of the molecule is FC(F)(F)C12CC3(c4ccccc4)CC4(c5ccccc5)CC(c5ccccc5)(C1)C432. The fourth-order valence-corrected chi connectivity index (χ4v) is 9.64. The molecule has 1 spiro atoms. The summed E-state index contributed by atoms with van der Waals surface area (Å²) in [5, 5.41) is 0. The molecule has 2 unspecified atom stereocenters. The zero-order valence-electron chi connectivity index (χ0n) is 17.1. The third-order valence-electron chi connectivity index (χ3n) is 9.81. The van der Waals surface area contributed by atoms with Crippen molar-refractivity contribution in [2.75, 3.05) is 0 Å². The third kappa shape index (κ3) is 1.51. The molecule has 2 atom stereocenters. The van der Waals surface area contributed by atoms with E-state index in [-0.39, 0.29) is 12.8 Å². The van der Waals surface area contributed by atoms with Crippen LogP contribution in [0.15, 0.2) is 91.0 Å². The molecule has 4 aliphatic carbocycles. The molecule has 0 N–H and O–H groups in total. The highest BCUT2D eigenvalue weighted by Gasteiger charge is 3.07. The van der Waals surface area contributed by atoms with Crippen LogP contribution in [0.3, 0.4) is 0 Å². The van der Waals surface area contributed by atoms with Crippen molar-refractivity contribution in [1.29, 1.82) is 0 Å². The van der Waals surface area contributed by atoms with Crippen molar-refractivity contribution in [3.05, 3.63) is 108 Å². The molecule has 4 aliphatic rings. The number of rotatable bonds is 3. The van der Waals surface area contributed by atoms with Crippen LogP contribution in [-0.2, 0) is 16.2 Å². The molecule has 4 fully saturated rings. The lowest BCUT2D eigenvalue weighted by molar-refractivity contribution is -0.532. The summed E-state index contributed by atoms with van der Waals surface area (Å²) in [7, 11) is 0. The van der Waals surface area contributed by atoms with E-state index >= 15 is 0 Å². The molecule has 0 nitrogen and oxygen atoms in total. The summed E-state index contributed by atoms with van der Waals surface area (Å²) < 4.78 is 44.7. The Bertz CT molecular complexity index is 1050. The van der Waals surface area contributed by atoms with E-state index in [1.165, 1.54) is 0 Å². The van der Waals surface area contributed by atoms with Crippen molar-refractivity contribution in [1.82, 2.24) is 0 Å². The van der Waals surface area contributed by atoms with Crippen molar-refractivity contribution in [3.63, 3.8) is 0 Å². The van der Waals surface area contributed by atoms with Gasteiger partial charge in [0.15, 0.2) is 0 Å². The Kier molecular flexibility index (Phi) is 2.96. The first-order valence-electron chi connectivity index (χ1n) is 11.1. The van der Waals surface area contributed by atoms with Gasteiger partial charge in [-0.2, -0.15) is 13.2 Å². The number of halogens is 3. The van der Waals surface area contributed by atoms with Crippen LogP contribution in [0.2, 0.25) is 0 Å². The van der Waals surface area contributed by atoms with Crippen LogP contribution >= 0.6 is 0 Å². The van der Waals surface area contributed by atoms with Crippen LogP contribution in [0.25, 0.3) is 0 Å². The Morgan fingerprint density at radius 2 is 0.806 bits per heavy atom. The molecule has 4 saturated carbocycles. The minimum Gasteiger partial charge on any atom is -0.170 e. The van der Waals surface area contributed by atoms with Crippen LogP contribution < -0.4 is 0 Å². The Balaban J connectivity index is 1.52. The molecule has 0 aliphatic heterocycles. The summed E-state index contributed by atoms with van der Waals surface area (Å²) >= 11 is 0. The van der Waals surface area contributed by atoms with E-state index in [0.717, 1.165) is 29.5 Å². The Labute approximate surface area is 180 Å². The number of benzene rings is 3. The van der Waals surface area contributed by atoms with Crippen LogP contribution in [0.5, 0.6) is 0 Å².